The summed E-state index contributed by atoms with van der Waals surface area (Å²) in [4.78, 5) is 13.9. The fourth-order valence-electron chi connectivity index (χ4n) is 2.90. The average molecular weight is 417 g/mol. The van der Waals surface area contributed by atoms with Crippen molar-refractivity contribution in [2.45, 2.75) is 43.0 Å². The molecule has 2 aliphatic rings. The van der Waals surface area contributed by atoms with Gasteiger partial charge in [0.05, 0.1) is 10.6 Å². The summed E-state index contributed by atoms with van der Waals surface area (Å²) in [5.74, 6) is 0.234. The maximum absolute atomic E-state index is 12.5. The lowest BCUT2D eigenvalue weighted by molar-refractivity contribution is -0.126. The maximum Gasteiger partial charge on any atom is 0.284 e. The monoisotopic (exact) mass is 416 g/mol. The maximum atomic E-state index is 12.5. The van der Waals surface area contributed by atoms with Crippen LogP contribution in [0.5, 0.6) is 0 Å². The molecule has 23 heavy (non-hydrogen) atoms. The molecule has 2 fully saturated rings. The number of amidine groups is 1. The first kappa shape index (κ1) is 17.0. The minimum atomic E-state index is -3.80. The second-order valence-electron chi connectivity index (χ2n) is 5.65. The minimum absolute atomic E-state index is 0.0355. The van der Waals surface area contributed by atoms with Gasteiger partial charge in [0.1, 0.15) is 0 Å². The minimum Gasteiger partial charge on any atom is -0.287 e. The van der Waals surface area contributed by atoms with Crippen LogP contribution in [-0.4, -0.2) is 36.2 Å². The van der Waals surface area contributed by atoms with Crippen LogP contribution in [0.4, 0.5) is 0 Å². The Bertz CT molecular complexity index is 726. The highest BCUT2D eigenvalue weighted by Crippen LogP contribution is 2.31. The smallest absolute Gasteiger partial charge is 0.284 e. The lowest BCUT2D eigenvalue weighted by atomic mass is 9.94. The molecule has 0 bridgehead atoms. The van der Waals surface area contributed by atoms with E-state index >= 15 is 0 Å². The number of carbonyl (C=O) groups excluding carboxylic acids is 1. The molecular weight excluding hydrogens is 400 g/mol. The van der Waals surface area contributed by atoms with Crippen molar-refractivity contribution in [1.29, 1.82) is 0 Å². The van der Waals surface area contributed by atoms with Gasteiger partial charge in [-0.05, 0) is 37.1 Å². The number of thioether (sulfide) groups is 1. The number of amides is 1. The first-order chi connectivity index (χ1) is 11.0. The molecule has 1 saturated carbocycles. The molecule has 0 atom stereocenters. The van der Waals surface area contributed by atoms with E-state index in [2.05, 4.69) is 20.3 Å². The average Bonchev–Trinajstić information content (AvgIpc) is 2.88. The van der Waals surface area contributed by atoms with Gasteiger partial charge in [-0.3, -0.25) is 9.69 Å². The molecule has 8 heteroatoms. The third-order valence-corrected chi connectivity index (χ3v) is 6.91. The van der Waals surface area contributed by atoms with E-state index in [1.807, 2.05) is 0 Å². The van der Waals surface area contributed by atoms with E-state index in [4.69, 9.17) is 0 Å². The van der Waals surface area contributed by atoms with Crippen LogP contribution in [0.2, 0.25) is 0 Å². The fourth-order valence-corrected chi connectivity index (χ4v) is 5.33. The molecule has 0 radical (unpaired) electrons. The summed E-state index contributed by atoms with van der Waals surface area (Å²) in [5.41, 5.74) is 0. The van der Waals surface area contributed by atoms with Crippen molar-refractivity contribution in [2.24, 2.45) is 4.40 Å². The van der Waals surface area contributed by atoms with Gasteiger partial charge in [-0.25, -0.2) is 0 Å². The predicted octanol–water partition coefficient (Wildman–Crippen LogP) is 3.40. The zero-order chi connectivity index (χ0) is 16.4. The highest BCUT2D eigenvalue weighted by Gasteiger charge is 2.36. The summed E-state index contributed by atoms with van der Waals surface area (Å²) < 4.78 is 29.7. The van der Waals surface area contributed by atoms with Crippen LogP contribution in [0.1, 0.15) is 32.1 Å². The molecule has 3 rings (SSSR count). The van der Waals surface area contributed by atoms with E-state index in [9.17, 15) is 13.2 Å². The summed E-state index contributed by atoms with van der Waals surface area (Å²) in [6.07, 6.45) is 5.17. The Morgan fingerprint density at radius 2 is 1.78 bits per heavy atom. The van der Waals surface area contributed by atoms with Crippen molar-refractivity contribution in [2.75, 3.05) is 5.75 Å². The standard InChI is InChI=1S/C15H17BrN2O3S2/c16-11-6-8-13(9-7-11)23(20,21)17-15-18(14(19)10-22-15)12-4-2-1-3-5-12/h6-9,12H,1-5,10H2/b17-15+. The van der Waals surface area contributed by atoms with E-state index in [1.54, 1.807) is 17.0 Å². The van der Waals surface area contributed by atoms with Gasteiger partial charge in [-0.2, -0.15) is 8.42 Å². The van der Waals surface area contributed by atoms with Crippen molar-refractivity contribution in [3.63, 3.8) is 0 Å². The van der Waals surface area contributed by atoms with Gasteiger partial charge in [-0.15, -0.1) is 4.40 Å². The molecule has 1 heterocycles. The molecule has 1 aromatic carbocycles. The van der Waals surface area contributed by atoms with Crippen molar-refractivity contribution in [3.05, 3.63) is 28.7 Å². The fraction of sp³-hybridized carbons (Fsp3) is 0.467. The Morgan fingerprint density at radius 1 is 1.13 bits per heavy atom. The Morgan fingerprint density at radius 3 is 2.43 bits per heavy atom. The SMILES string of the molecule is O=C1CS/C(=N/S(=O)(=O)c2ccc(Br)cc2)N1C1CCCCC1. The summed E-state index contributed by atoms with van der Waals surface area (Å²) in [7, 11) is -3.80. The quantitative estimate of drug-likeness (QED) is 0.756. The van der Waals surface area contributed by atoms with Crippen LogP contribution in [0.15, 0.2) is 38.0 Å². The van der Waals surface area contributed by atoms with Gasteiger partial charge in [0.15, 0.2) is 5.17 Å². The van der Waals surface area contributed by atoms with Crippen molar-refractivity contribution < 1.29 is 13.2 Å². The van der Waals surface area contributed by atoms with Crippen LogP contribution in [0, 0.1) is 0 Å². The molecule has 1 aromatic rings. The number of nitrogens with zero attached hydrogens (tertiary/aromatic N) is 2. The van der Waals surface area contributed by atoms with Crippen LogP contribution in [0.3, 0.4) is 0 Å². The van der Waals surface area contributed by atoms with Crippen LogP contribution < -0.4 is 0 Å². The van der Waals surface area contributed by atoms with E-state index in [1.165, 1.54) is 30.3 Å². The summed E-state index contributed by atoms with van der Waals surface area (Å²) in [6.45, 7) is 0. The van der Waals surface area contributed by atoms with Crippen LogP contribution in [-0.2, 0) is 14.8 Å². The Hall–Kier alpha value is -0.860. The second-order valence-corrected chi connectivity index (χ2v) is 9.11. The highest BCUT2D eigenvalue weighted by molar-refractivity contribution is 9.10. The molecule has 1 amide bonds. The third-order valence-electron chi connectivity index (χ3n) is 4.05. The van der Waals surface area contributed by atoms with Gasteiger partial charge in [0.2, 0.25) is 5.91 Å². The van der Waals surface area contributed by atoms with E-state index in [0.717, 1.165) is 30.2 Å². The normalized spacial score (nSPS) is 22.0. The summed E-state index contributed by atoms with van der Waals surface area (Å²) in [6, 6.07) is 6.44. The first-order valence-corrected chi connectivity index (χ1v) is 10.7. The van der Waals surface area contributed by atoms with E-state index in [0.29, 0.717) is 5.17 Å². The molecule has 124 valence electrons. The number of rotatable bonds is 3. The zero-order valence-electron chi connectivity index (χ0n) is 12.4. The molecular formula is C15H17BrN2O3S2. The number of sulfonamides is 1. The van der Waals surface area contributed by atoms with E-state index in [-0.39, 0.29) is 22.6 Å². The van der Waals surface area contributed by atoms with Crippen LogP contribution >= 0.6 is 27.7 Å². The number of hydrogen-bond donors (Lipinski definition) is 0. The van der Waals surface area contributed by atoms with Crippen molar-refractivity contribution in [1.82, 2.24) is 4.90 Å². The molecule has 0 spiro atoms. The molecule has 0 unspecified atom stereocenters. The second kappa shape index (κ2) is 6.94. The molecule has 0 aromatic heterocycles. The Kier molecular flexibility index (Phi) is 5.13. The summed E-state index contributed by atoms with van der Waals surface area (Å²) in [5, 5.41) is 0.324. The third kappa shape index (κ3) is 3.80. The number of hydrogen-bond acceptors (Lipinski definition) is 4. The molecule has 1 aliphatic heterocycles. The topological polar surface area (TPSA) is 66.8 Å². The molecule has 0 N–H and O–H groups in total. The Labute approximate surface area is 148 Å². The van der Waals surface area contributed by atoms with Gasteiger partial charge < -0.3 is 0 Å². The zero-order valence-corrected chi connectivity index (χ0v) is 15.7. The van der Waals surface area contributed by atoms with Gasteiger partial charge >= 0.3 is 0 Å². The summed E-state index contributed by atoms with van der Waals surface area (Å²) >= 11 is 4.50. The first-order valence-electron chi connectivity index (χ1n) is 7.53. The van der Waals surface area contributed by atoms with Crippen LogP contribution in [0.25, 0.3) is 0 Å². The molecule has 1 aliphatic carbocycles. The highest BCUT2D eigenvalue weighted by atomic mass is 79.9. The van der Waals surface area contributed by atoms with E-state index < -0.39 is 10.0 Å². The Balaban J connectivity index is 1.90. The number of benzene rings is 1. The van der Waals surface area contributed by atoms with Gasteiger partial charge in [0, 0.05) is 10.5 Å². The predicted molar refractivity (Wildman–Crippen MR) is 94.9 cm³/mol. The van der Waals surface area contributed by atoms with Gasteiger partial charge in [-0.1, -0.05) is 47.0 Å². The molecule has 1 saturated heterocycles. The van der Waals surface area contributed by atoms with Crippen molar-refractivity contribution >= 4 is 48.8 Å². The van der Waals surface area contributed by atoms with Gasteiger partial charge in [0.25, 0.3) is 10.0 Å². The lowest BCUT2D eigenvalue weighted by Gasteiger charge is -2.30. The lowest BCUT2D eigenvalue weighted by Crippen LogP contribution is -2.41. The largest absolute Gasteiger partial charge is 0.287 e. The number of carbonyl (C=O) groups is 1. The molecule has 5 nitrogen and oxygen atoms in total. The number of halogens is 1. The van der Waals surface area contributed by atoms with Crippen molar-refractivity contribution in [3.8, 4) is 0 Å².